The highest BCUT2D eigenvalue weighted by Gasteiger charge is 2.30. The number of hydrogen-bond donors (Lipinski definition) is 0. The number of hydrogen-bond acceptors (Lipinski definition) is 5. The average molecular weight is 428 g/mol. The molecule has 0 amide bonds. The minimum absolute atomic E-state index is 0.191. The van der Waals surface area contributed by atoms with Gasteiger partial charge >= 0.3 is 5.97 Å². The molecular formula is C27H24O5. The normalized spacial score (nSPS) is 13.8. The zero-order valence-electron chi connectivity index (χ0n) is 18.5. The number of Topliss-reactive ketones (excluding diaryl/α,β-unsaturated/α-hetero) is 1. The highest BCUT2D eigenvalue weighted by Crippen LogP contribution is 2.39. The molecular weight excluding hydrogens is 404 g/mol. The standard InChI is InChI=1S/C27H24O5/c1-16(2)19-7-5-18(6-8-19)15-24-25(28)22-13-14-23(17(3)26(22)31-24)32-27(29)20-9-11-21(30-4)12-10-20/h5-16H,1-4H3/b24-15-. The van der Waals surface area contributed by atoms with Gasteiger partial charge in [0.05, 0.1) is 18.2 Å². The Hall–Kier alpha value is -3.86. The minimum Gasteiger partial charge on any atom is -0.497 e. The molecule has 1 heterocycles. The van der Waals surface area contributed by atoms with Gasteiger partial charge in [0, 0.05) is 5.56 Å². The molecule has 4 rings (SSSR count). The van der Waals surface area contributed by atoms with Crippen molar-refractivity contribution in [2.75, 3.05) is 7.11 Å². The first-order valence-electron chi connectivity index (χ1n) is 10.4. The van der Waals surface area contributed by atoms with Gasteiger partial charge in [-0.15, -0.1) is 0 Å². The molecule has 1 aliphatic heterocycles. The molecule has 162 valence electrons. The second kappa shape index (κ2) is 8.71. The van der Waals surface area contributed by atoms with Crippen LogP contribution in [0.15, 0.2) is 66.4 Å². The summed E-state index contributed by atoms with van der Waals surface area (Å²) in [5, 5.41) is 0. The molecule has 0 spiro atoms. The summed E-state index contributed by atoms with van der Waals surface area (Å²) in [5.41, 5.74) is 3.56. The number of methoxy groups -OCH3 is 1. The van der Waals surface area contributed by atoms with Gasteiger partial charge in [-0.3, -0.25) is 4.79 Å². The van der Waals surface area contributed by atoms with Gasteiger partial charge in [0.15, 0.2) is 5.76 Å². The molecule has 0 aliphatic carbocycles. The molecule has 0 bridgehead atoms. The van der Waals surface area contributed by atoms with Gasteiger partial charge in [0.2, 0.25) is 5.78 Å². The lowest BCUT2D eigenvalue weighted by Crippen LogP contribution is -2.09. The van der Waals surface area contributed by atoms with E-state index >= 15 is 0 Å². The van der Waals surface area contributed by atoms with E-state index in [0.29, 0.717) is 39.9 Å². The van der Waals surface area contributed by atoms with Crippen LogP contribution in [0.4, 0.5) is 0 Å². The Morgan fingerprint density at radius 3 is 2.28 bits per heavy atom. The second-order valence-electron chi connectivity index (χ2n) is 7.94. The van der Waals surface area contributed by atoms with Gasteiger partial charge in [0.25, 0.3) is 0 Å². The molecule has 3 aromatic carbocycles. The monoisotopic (exact) mass is 428 g/mol. The van der Waals surface area contributed by atoms with Gasteiger partial charge in [0.1, 0.15) is 17.2 Å². The molecule has 0 atom stereocenters. The minimum atomic E-state index is -0.499. The summed E-state index contributed by atoms with van der Waals surface area (Å²) in [6, 6.07) is 17.9. The van der Waals surface area contributed by atoms with Crippen molar-refractivity contribution in [2.45, 2.75) is 26.7 Å². The molecule has 5 nitrogen and oxygen atoms in total. The number of carbonyl (C=O) groups is 2. The summed E-state index contributed by atoms with van der Waals surface area (Å²) in [4.78, 5) is 25.4. The van der Waals surface area contributed by atoms with Crippen molar-refractivity contribution in [3.05, 3.63) is 94.2 Å². The first kappa shape index (κ1) is 21.4. The quantitative estimate of drug-likeness (QED) is 0.285. The molecule has 0 radical (unpaired) electrons. The van der Waals surface area contributed by atoms with E-state index in [9.17, 15) is 9.59 Å². The van der Waals surface area contributed by atoms with E-state index in [1.165, 1.54) is 5.56 Å². The highest BCUT2D eigenvalue weighted by molar-refractivity contribution is 6.15. The van der Waals surface area contributed by atoms with E-state index in [1.54, 1.807) is 56.5 Å². The lowest BCUT2D eigenvalue weighted by atomic mass is 10.0. The Kier molecular flexibility index (Phi) is 5.82. The van der Waals surface area contributed by atoms with Crippen LogP contribution in [-0.4, -0.2) is 18.9 Å². The molecule has 0 unspecified atom stereocenters. The third-order valence-electron chi connectivity index (χ3n) is 5.47. The van der Waals surface area contributed by atoms with Crippen molar-refractivity contribution in [1.82, 2.24) is 0 Å². The first-order valence-corrected chi connectivity index (χ1v) is 10.4. The zero-order chi connectivity index (χ0) is 22.8. The number of benzene rings is 3. The van der Waals surface area contributed by atoms with Crippen molar-refractivity contribution in [3.8, 4) is 17.2 Å². The maximum absolute atomic E-state index is 12.8. The molecule has 0 fully saturated rings. The van der Waals surface area contributed by atoms with E-state index < -0.39 is 5.97 Å². The van der Waals surface area contributed by atoms with E-state index in [0.717, 1.165) is 5.56 Å². The maximum Gasteiger partial charge on any atom is 0.343 e. The number of carbonyl (C=O) groups excluding carboxylic acids is 2. The predicted octanol–water partition coefficient (Wildman–Crippen LogP) is 5.96. The number of esters is 1. The van der Waals surface area contributed by atoms with Crippen LogP contribution in [0.1, 0.15) is 57.2 Å². The topological polar surface area (TPSA) is 61.8 Å². The fourth-order valence-electron chi connectivity index (χ4n) is 3.49. The van der Waals surface area contributed by atoms with Gasteiger partial charge in [-0.2, -0.15) is 0 Å². The summed E-state index contributed by atoms with van der Waals surface area (Å²) >= 11 is 0. The van der Waals surface area contributed by atoms with E-state index in [2.05, 4.69) is 13.8 Å². The summed E-state index contributed by atoms with van der Waals surface area (Å²) in [7, 11) is 1.56. The summed E-state index contributed by atoms with van der Waals surface area (Å²) in [6.45, 7) is 6.04. The fourth-order valence-corrected chi connectivity index (χ4v) is 3.49. The molecule has 5 heteroatoms. The molecule has 3 aromatic rings. The molecule has 0 saturated carbocycles. The van der Waals surface area contributed by atoms with Crippen LogP contribution in [0.5, 0.6) is 17.2 Å². The SMILES string of the molecule is COc1ccc(C(=O)Oc2ccc3c(c2C)O/C(=C\c2ccc(C(C)C)cc2)C3=O)cc1. The first-order chi connectivity index (χ1) is 15.4. The second-order valence-corrected chi connectivity index (χ2v) is 7.94. The Labute approximate surface area is 187 Å². The third-order valence-corrected chi connectivity index (χ3v) is 5.47. The number of ketones is 1. The van der Waals surface area contributed by atoms with Crippen LogP contribution in [0, 0.1) is 6.92 Å². The lowest BCUT2D eigenvalue weighted by Gasteiger charge is -2.10. The van der Waals surface area contributed by atoms with E-state index in [-0.39, 0.29) is 11.5 Å². The van der Waals surface area contributed by atoms with Crippen molar-refractivity contribution >= 4 is 17.8 Å². The number of ether oxygens (including phenoxy) is 3. The summed E-state index contributed by atoms with van der Waals surface area (Å²) in [5.74, 6) is 1.41. The summed E-state index contributed by atoms with van der Waals surface area (Å²) < 4.78 is 16.6. The van der Waals surface area contributed by atoms with Crippen LogP contribution < -0.4 is 14.2 Å². The van der Waals surface area contributed by atoms with Crippen molar-refractivity contribution < 1.29 is 23.8 Å². The van der Waals surface area contributed by atoms with Gasteiger partial charge in [-0.25, -0.2) is 4.79 Å². The van der Waals surface area contributed by atoms with Gasteiger partial charge in [-0.1, -0.05) is 38.1 Å². The fraction of sp³-hybridized carbons (Fsp3) is 0.185. The maximum atomic E-state index is 12.8. The number of allylic oxidation sites excluding steroid dienone is 1. The van der Waals surface area contributed by atoms with Crippen molar-refractivity contribution in [1.29, 1.82) is 0 Å². The lowest BCUT2D eigenvalue weighted by molar-refractivity contribution is 0.0733. The van der Waals surface area contributed by atoms with Crippen LogP contribution >= 0.6 is 0 Å². The Bertz CT molecular complexity index is 1200. The Morgan fingerprint density at radius 2 is 1.66 bits per heavy atom. The highest BCUT2D eigenvalue weighted by atomic mass is 16.5. The molecule has 0 N–H and O–H groups in total. The zero-order valence-corrected chi connectivity index (χ0v) is 18.5. The predicted molar refractivity (Wildman–Crippen MR) is 123 cm³/mol. The summed E-state index contributed by atoms with van der Waals surface area (Å²) in [6.07, 6.45) is 1.73. The smallest absolute Gasteiger partial charge is 0.343 e. The van der Waals surface area contributed by atoms with Crippen LogP contribution in [-0.2, 0) is 0 Å². The van der Waals surface area contributed by atoms with Gasteiger partial charge in [-0.05, 0) is 66.4 Å². The molecule has 0 saturated heterocycles. The Balaban J connectivity index is 1.56. The van der Waals surface area contributed by atoms with Gasteiger partial charge < -0.3 is 14.2 Å². The van der Waals surface area contributed by atoms with Crippen LogP contribution in [0.25, 0.3) is 6.08 Å². The van der Waals surface area contributed by atoms with Crippen LogP contribution in [0.3, 0.4) is 0 Å². The molecule has 32 heavy (non-hydrogen) atoms. The largest absolute Gasteiger partial charge is 0.497 e. The van der Waals surface area contributed by atoms with Crippen molar-refractivity contribution in [3.63, 3.8) is 0 Å². The third kappa shape index (κ3) is 4.14. The van der Waals surface area contributed by atoms with E-state index in [4.69, 9.17) is 14.2 Å². The number of fused-ring (bicyclic) bond motifs is 1. The van der Waals surface area contributed by atoms with Crippen molar-refractivity contribution in [2.24, 2.45) is 0 Å². The molecule has 1 aliphatic rings. The van der Waals surface area contributed by atoms with Crippen LogP contribution in [0.2, 0.25) is 0 Å². The molecule has 0 aromatic heterocycles. The average Bonchev–Trinajstić information content (AvgIpc) is 3.12. The van der Waals surface area contributed by atoms with E-state index in [1.807, 2.05) is 24.3 Å². The number of rotatable bonds is 5. The Morgan fingerprint density at radius 1 is 0.969 bits per heavy atom.